The topological polar surface area (TPSA) is 17.8 Å². The summed E-state index contributed by atoms with van der Waals surface area (Å²) in [6, 6.07) is 8.85. The molecule has 1 aliphatic carbocycles. The molecule has 22 heavy (non-hydrogen) atoms. The van der Waals surface area contributed by atoms with Crippen LogP contribution >= 0.6 is 0 Å². The minimum absolute atomic E-state index is 0.206. The van der Waals surface area contributed by atoms with Crippen LogP contribution in [0.15, 0.2) is 42.5 Å². The van der Waals surface area contributed by atoms with Crippen LogP contribution in [0.5, 0.6) is 0 Å². The molecule has 116 valence electrons. The van der Waals surface area contributed by atoms with Crippen molar-refractivity contribution in [1.29, 1.82) is 0 Å². The summed E-state index contributed by atoms with van der Waals surface area (Å²) in [6.45, 7) is 6.72. The second-order valence-electron chi connectivity index (χ2n) is 6.41. The Morgan fingerprint density at radius 2 is 1.91 bits per heavy atom. The summed E-state index contributed by atoms with van der Waals surface area (Å²) < 4.78 is 15.2. The fraction of sp³-hybridized carbons (Fsp3) is 0.421. The maximum Gasteiger partial charge on any atom is 0.123 e. The van der Waals surface area contributed by atoms with Gasteiger partial charge in [0.15, 0.2) is 0 Å². The summed E-state index contributed by atoms with van der Waals surface area (Å²) in [7, 11) is 0. The minimum Gasteiger partial charge on any atom is -0.261 e. The van der Waals surface area contributed by atoms with E-state index in [0.29, 0.717) is 12.5 Å². The van der Waals surface area contributed by atoms with Crippen molar-refractivity contribution in [2.45, 2.75) is 51.5 Å². The predicted molar refractivity (Wildman–Crippen MR) is 88.3 cm³/mol. The number of halogens is 1. The molecule has 0 aliphatic heterocycles. The molecular formula is C19H23FN2. The first-order valence-corrected chi connectivity index (χ1v) is 8.11. The van der Waals surface area contributed by atoms with Gasteiger partial charge in [0.1, 0.15) is 5.82 Å². The Hall–Kier alpha value is -1.90. The van der Waals surface area contributed by atoms with Crippen LogP contribution in [0.4, 0.5) is 4.39 Å². The Morgan fingerprint density at radius 1 is 1.23 bits per heavy atom. The van der Waals surface area contributed by atoms with Gasteiger partial charge in [0.25, 0.3) is 0 Å². The van der Waals surface area contributed by atoms with Gasteiger partial charge in [-0.1, -0.05) is 31.4 Å². The predicted octanol–water partition coefficient (Wildman–Crippen LogP) is 5.31. The number of rotatable bonds is 4. The molecule has 1 aromatic heterocycles. The molecule has 3 rings (SSSR count). The van der Waals surface area contributed by atoms with Crippen LogP contribution < -0.4 is 0 Å². The van der Waals surface area contributed by atoms with Gasteiger partial charge in [-0.3, -0.25) is 4.68 Å². The van der Waals surface area contributed by atoms with E-state index in [1.54, 1.807) is 0 Å². The average molecular weight is 298 g/mol. The molecule has 0 unspecified atom stereocenters. The van der Waals surface area contributed by atoms with Gasteiger partial charge < -0.3 is 0 Å². The van der Waals surface area contributed by atoms with Crippen molar-refractivity contribution in [3.8, 4) is 11.3 Å². The molecule has 0 saturated heterocycles. The van der Waals surface area contributed by atoms with Crippen molar-refractivity contribution < 1.29 is 4.39 Å². The maximum absolute atomic E-state index is 13.2. The fourth-order valence-corrected chi connectivity index (χ4v) is 3.26. The van der Waals surface area contributed by atoms with E-state index < -0.39 is 0 Å². The molecular weight excluding hydrogens is 275 g/mol. The van der Waals surface area contributed by atoms with E-state index >= 15 is 0 Å². The Kier molecular flexibility index (Phi) is 4.41. The summed E-state index contributed by atoms with van der Waals surface area (Å²) in [5.41, 5.74) is 4.32. The van der Waals surface area contributed by atoms with Crippen LogP contribution in [0, 0.1) is 5.82 Å². The lowest BCUT2D eigenvalue weighted by atomic mass is 9.87. The molecule has 0 bridgehead atoms. The molecule has 0 radical (unpaired) electrons. The van der Waals surface area contributed by atoms with Crippen molar-refractivity contribution in [2.75, 3.05) is 0 Å². The van der Waals surface area contributed by atoms with Gasteiger partial charge in [-0.05, 0) is 50.1 Å². The number of benzene rings is 1. The largest absolute Gasteiger partial charge is 0.261 e. The number of hydrogen-bond donors (Lipinski definition) is 0. The number of nitrogens with zero attached hydrogens (tertiary/aromatic N) is 2. The summed E-state index contributed by atoms with van der Waals surface area (Å²) in [5.74, 6) is 0.363. The lowest BCUT2D eigenvalue weighted by Crippen LogP contribution is -2.07. The summed E-state index contributed by atoms with van der Waals surface area (Å²) in [4.78, 5) is 0. The van der Waals surface area contributed by atoms with E-state index in [1.807, 2.05) is 23.7 Å². The fourth-order valence-electron chi connectivity index (χ4n) is 3.26. The van der Waals surface area contributed by atoms with Crippen LogP contribution in [0.2, 0.25) is 0 Å². The van der Waals surface area contributed by atoms with E-state index in [4.69, 9.17) is 5.10 Å². The minimum atomic E-state index is -0.206. The smallest absolute Gasteiger partial charge is 0.123 e. The highest BCUT2D eigenvalue weighted by molar-refractivity contribution is 5.60. The van der Waals surface area contributed by atoms with Gasteiger partial charge in [-0.15, -0.1) is 0 Å². The zero-order valence-corrected chi connectivity index (χ0v) is 13.2. The zero-order valence-electron chi connectivity index (χ0n) is 13.2. The lowest BCUT2D eigenvalue weighted by Gasteiger charge is -2.19. The third-order valence-electron chi connectivity index (χ3n) is 4.38. The monoisotopic (exact) mass is 298 g/mol. The molecule has 1 aromatic carbocycles. The van der Waals surface area contributed by atoms with E-state index in [2.05, 4.69) is 12.6 Å². The van der Waals surface area contributed by atoms with Gasteiger partial charge in [-0.2, -0.15) is 5.10 Å². The molecule has 2 aromatic rings. The normalized spacial score (nSPS) is 15.9. The van der Waals surface area contributed by atoms with Gasteiger partial charge >= 0.3 is 0 Å². The maximum atomic E-state index is 13.2. The van der Waals surface area contributed by atoms with Gasteiger partial charge in [-0.25, -0.2) is 4.39 Å². The average Bonchev–Trinajstić information content (AvgIpc) is 2.92. The molecule has 0 N–H and O–H groups in total. The number of hydrogen-bond acceptors (Lipinski definition) is 1. The number of allylic oxidation sites excluding steroid dienone is 1. The molecule has 1 heterocycles. The van der Waals surface area contributed by atoms with Crippen molar-refractivity contribution in [1.82, 2.24) is 9.78 Å². The zero-order chi connectivity index (χ0) is 15.5. The summed E-state index contributed by atoms with van der Waals surface area (Å²) in [5, 5.41) is 4.83. The lowest BCUT2D eigenvalue weighted by molar-refractivity contribution is 0.432. The van der Waals surface area contributed by atoms with Gasteiger partial charge in [0.2, 0.25) is 0 Å². The van der Waals surface area contributed by atoms with Crippen LogP contribution in [-0.2, 0) is 6.54 Å². The molecule has 1 aliphatic rings. The second-order valence-corrected chi connectivity index (χ2v) is 6.41. The molecule has 2 nitrogen and oxygen atoms in total. The van der Waals surface area contributed by atoms with E-state index in [9.17, 15) is 4.39 Å². The summed E-state index contributed by atoms with van der Waals surface area (Å²) in [6.07, 6.45) is 6.39. The highest BCUT2D eigenvalue weighted by Gasteiger charge is 2.20. The third-order valence-corrected chi connectivity index (χ3v) is 4.38. The van der Waals surface area contributed by atoms with Crippen LogP contribution in [0.1, 0.15) is 50.6 Å². The Labute approximate surface area is 131 Å². The molecule has 1 fully saturated rings. The highest BCUT2D eigenvalue weighted by atomic mass is 19.1. The Balaban J connectivity index is 1.96. The molecule has 1 saturated carbocycles. The Bertz CT molecular complexity index is 649. The number of aromatic nitrogens is 2. The first-order valence-electron chi connectivity index (χ1n) is 8.11. The molecule has 0 spiro atoms. The van der Waals surface area contributed by atoms with E-state index in [1.165, 1.54) is 49.9 Å². The van der Waals surface area contributed by atoms with Gasteiger partial charge in [0, 0.05) is 11.5 Å². The standard InChI is InChI=1S/C19H23FN2/c1-14(2)13-22-19(16-8-10-17(20)11-9-16)12-18(21-22)15-6-4-3-5-7-15/h8-12,15H,1,3-7,13H2,2H3. The first-order chi connectivity index (χ1) is 10.6. The van der Waals surface area contributed by atoms with Crippen molar-refractivity contribution in [3.63, 3.8) is 0 Å². The van der Waals surface area contributed by atoms with Crippen LogP contribution in [-0.4, -0.2) is 9.78 Å². The summed E-state index contributed by atoms with van der Waals surface area (Å²) >= 11 is 0. The van der Waals surface area contributed by atoms with Gasteiger partial charge in [0.05, 0.1) is 17.9 Å². The van der Waals surface area contributed by atoms with Crippen LogP contribution in [0.3, 0.4) is 0 Å². The second kappa shape index (κ2) is 6.47. The van der Waals surface area contributed by atoms with E-state index in [-0.39, 0.29) is 5.82 Å². The van der Waals surface area contributed by atoms with Crippen molar-refractivity contribution >= 4 is 0 Å². The molecule has 0 atom stereocenters. The SMILES string of the molecule is C=C(C)Cn1nc(C2CCCCC2)cc1-c1ccc(F)cc1. The molecule has 0 amide bonds. The highest BCUT2D eigenvalue weighted by Crippen LogP contribution is 2.34. The van der Waals surface area contributed by atoms with E-state index in [0.717, 1.165) is 16.8 Å². The quantitative estimate of drug-likeness (QED) is 0.699. The Morgan fingerprint density at radius 3 is 2.55 bits per heavy atom. The third kappa shape index (κ3) is 3.29. The van der Waals surface area contributed by atoms with Crippen LogP contribution in [0.25, 0.3) is 11.3 Å². The van der Waals surface area contributed by atoms with Crippen molar-refractivity contribution in [3.05, 3.63) is 54.0 Å². The molecule has 3 heteroatoms. The van der Waals surface area contributed by atoms with Crippen molar-refractivity contribution in [2.24, 2.45) is 0 Å². The first kappa shape index (κ1) is 15.0.